The van der Waals surface area contributed by atoms with Crippen molar-refractivity contribution in [2.24, 2.45) is 0 Å². The predicted molar refractivity (Wildman–Crippen MR) is 106 cm³/mol. The van der Waals surface area contributed by atoms with Crippen molar-refractivity contribution in [2.75, 3.05) is 34.5 Å². The van der Waals surface area contributed by atoms with Crippen molar-refractivity contribution < 1.29 is 28.5 Å². The molecule has 1 aromatic carbocycles. The fourth-order valence-corrected chi connectivity index (χ4v) is 3.38. The van der Waals surface area contributed by atoms with E-state index in [4.69, 9.17) is 18.9 Å². The summed E-state index contributed by atoms with van der Waals surface area (Å²) >= 11 is 0. The Hall–Kier alpha value is -2.70. The van der Waals surface area contributed by atoms with Gasteiger partial charge in [-0.2, -0.15) is 0 Å². The molecule has 1 unspecified atom stereocenters. The summed E-state index contributed by atoms with van der Waals surface area (Å²) in [5.41, 5.74) is 0.680. The van der Waals surface area contributed by atoms with Gasteiger partial charge in [0.1, 0.15) is 0 Å². The molecular formula is C21H29NO6. The van der Waals surface area contributed by atoms with Gasteiger partial charge in [0.05, 0.1) is 21.3 Å². The molecule has 1 aliphatic heterocycles. The molecule has 1 atom stereocenters. The SMILES string of the molecule is CCC1CCCCN1C(=O)COC(=O)/C=C/c1cc(OC)c(OC)c(OC)c1. The standard InChI is InChI=1S/C21H29NO6/c1-5-16-8-6-7-11-22(16)19(23)14-28-20(24)10-9-15-12-17(25-2)21(27-4)18(13-15)26-3/h9-10,12-13,16H,5-8,11,14H2,1-4H3/b10-9+. The molecular weight excluding hydrogens is 362 g/mol. The molecule has 1 heterocycles. The van der Waals surface area contributed by atoms with Crippen LogP contribution in [0.1, 0.15) is 38.2 Å². The van der Waals surface area contributed by atoms with Crippen LogP contribution in [0.4, 0.5) is 0 Å². The summed E-state index contributed by atoms with van der Waals surface area (Å²) in [7, 11) is 4.57. The molecule has 7 nitrogen and oxygen atoms in total. The van der Waals surface area contributed by atoms with Crippen LogP contribution in [0.3, 0.4) is 0 Å². The molecule has 28 heavy (non-hydrogen) atoms. The van der Waals surface area contributed by atoms with Gasteiger partial charge >= 0.3 is 5.97 Å². The molecule has 1 saturated heterocycles. The van der Waals surface area contributed by atoms with E-state index in [-0.39, 0.29) is 18.6 Å². The van der Waals surface area contributed by atoms with E-state index in [0.29, 0.717) is 22.8 Å². The van der Waals surface area contributed by atoms with Gasteiger partial charge in [0.2, 0.25) is 5.75 Å². The van der Waals surface area contributed by atoms with E-state index in [0.717, 1.165) is 32.2 Å². The van der Waals surface area contributed by atoms with Crippen molar-refractivity contribution in [1.82, 2.24) is 4.90 Å². The zero-order chi connectivity index (χ0) is 20.5. The number of benzene rings is 1. The first kappa shape index (κ1) is 21.6. The number of piperidine rings is 1. The molecule has 0 N–H and O–H groups in total. The smallest absolute Gasteiger partial charge is 0.331 e. The zero-order valence-electron chi connectivity index (χ0n) is 17.0. The van der Waals surface area contributed by atoms with E-state index in [1.807, 2.05) is 4.90 Å². The maximum Gasteiger partial charge on any atom is 0.331 e. The fourth-order valence-electron chi connectivity index (χ4n) is 3.38. The number of methoxy groups -OCH3 is 3. The number of ether oxygens (including phenoxy) is 4. The van der Waals surface area contributed by atoms with E-state index in [1.54, 1.807) is 18.2 Å². The minimum Gasteiger partial charge on any atom is -0.493 e. The number of nitrogens with zero attached hydrogens (tertiary/aromatic N) is 1. The minimum absolute atomic E-state index is 0.138. The second-order valence-corrected chi connectivity index (χ2v) is 6.54. The van der Waals surface area contributed by atoms with Gasteiger partial charge in [0, 0.05) is 18.7 Å². The van der Waals surface area contributed by atoms with E-state index in [9.17, 15) is 9.59 Å². The third kappa shape index (κ3) is 5.41. The first-order valence-corrected chi connectivity index (χ1v) is 9.48. The average molecular weight is 391 g/mol. The summed E-state index contributed by atoms with van der Waals surface area (Å²) in [5, 5.41) is 0. The van der Waals surface area contributed by atoms with Gasteiger partial charge in [-0.1, -0.05) is 6.92 Å². The molecule has 0 spiro atoms. The minimum atomic E-state index is -0.577. The van der Waals surface area contributed by atoms with Crippen LogP contribution in [0.5, 0.6) is 17.2 Å². The molecule has 7 heteroatoms. The predicted octanol–water partition coefficient (Wildman–Crippen LogP) is 3.06. The van der Waals surface area contributed by atoms with Crippen molar-refractivity contribution in [3.05, 3.63) is 23.8 Å². The molecule has 1 aromatic rings. The Morgan fingerprint density at radius 1 is 1.11 bits per heavy atom. The number of carbonyl (C=O) groups excluding carboxylic acids is 2. The fraction of sp³-hybridized carbons (Fsp3) is 0.524. The number of carbonyl (C=O) groups is 2. The first-order chi connectivity index (χ1) is 13.5. The van der Waals surface area contributed by atoms with Gasteiger partial charge in [0.15, 0.2) is 18.1 Å². The van der Waals surface area contributed by atoms with Crippen molar-refractivity contribution in [3.8, 4) is 17.2 Å². The third-order valence-electron chi connectivity index (χ3n) is 4.86. The molecule has 1 aliphatic rings. The summed E-state index contributed by atoms with van der Waals surface area (Å²) in [6.45, 7) is 2.56. The Kier molecular flexibility index (Phi) is 8.17. The average Bonchev–Trinajstić information content (AvgIpc) is 2.74. The Bertz CT molecular complexity index is 690. The number of hydrogen-bond donors (Lipinski definition) is 0. The van der Waals surface area contributed by atoms with Crippen LogP contribution < -0.4 is 14.2 Å². The van der Waals surface area contributed by atoms with Crippen molar-refractivity contribution >= 4 is 18.0 Å². The Labute approximate surface area is 166 Å². The molecule has 154 valence electrons. The highest BCUT2D eigenvalue weighted by Crippen LogP contribution is 2.38. The van der Waals surface area contributed by atoms with Crippen LogP contribution in [-0.4, -0.2) is 57.3 Å². The largest absolute Gasteiger partial charge is 0.493 e. The van der Waals surface area contributed by atoms with Gasteiger partial charge in [-0.25, -0.2) is 4.79 Å². The maximum absolute atomic E-state index is 12.4. The van der Waals surface area contributed by atoms with Crippen LogP contribution in [-0.2, 0) is 14.3 Å². The third-order valence-corrected chi connectivity index (χ3v) is 4.86. The van der Waals surface area contributed by atoms with Crippen LogP contribution in [0.2, 0.25) is 0 Å². The van der Waals surface area contributed by atoms with Crippen LogP contribution in [0, 0.1) is 0 Å². The lowest BCUT2D eigenvalue weighted by molar-refractivity contribution is -0.150. The topological polar surface area (TPSA) is 74.3 Å². The summed E-state index contributed by atoms with van der Waals surface area (Å²) < 4.78 is 21.0. The molecule has 2 rings (SSSR count). The molecule has 0 aromatic heterocycles. The van der Waals surface area contributed by atoms with E-state index < -0.39 is 5.97 Å². The summed E-state index contributed by atoms with van der Waals surface area (Å²) in [4.78, 5) is 26.2. The Balaban J connectivity index is 1.97. The van der Waals surface area contributed by atoms with Crippen molar-refractivity contribution in [2.45, 2.75) is 38.6 Å². The summed E-state index contributed by atoms with van der Waals surface area (Å²) in [5.74, 6) is 0.733. The van der Waals surface area contributed by atoms with Gasteiger partial charge in [0.25, 0.3) is 5.91 Å². The molecule has 0 saturated carbocycles. The Morgan fingerprint density at radius 2 is 1.79 bits per heavy atom. The number of likely N-dealkylation sites (tertiary alicyclic amines) is 1. The van der Waals surface area contributed by atoms with Crippen LogP contribution in [0.25, 0.3) is 6.08 Å². The highest BCUT2D eigenvalue weighted by Gasteiger charge is 2.25. The Morgan fingerprint density at radius 3 is 2.36 bits per heavy atom. The van der Waals surface area contributed by atoms with Crippen LogP contribution in [0.15, 0.2) is 18.2 Å². The lowest BCUT2D eigenvalue weighted by Gasteiger charge is -2.35. The normalized spacial score (nSPS) is 16.7. The highest BCUT2D eigenvalue weighted by molar-refractivity contribution is 5.89. The van der Waals surface area contributed by atoms with E-state index in [1.165, 1.54) is 27.4 Å². The highest BCUT2D eigenvalue weighted by atomic mass is 16.5. The van der Waals surface area contributed by atoms with Crippen molar-refractivity contribution in [3.63, 3.8) is 0 Å². The maximum atomic E-state index is 12.4. The van der Waals surface area contributed by atoms with Crippen LogP contribution >= 0.6 is 0 Å². The summed E-state index contributed by atoms with van der Waals surface area (Å²) in [6, 6.07) is 3.68. The molecule has 1 amide bonds. The quantitative estimate of drug-likeness (QED) is 0.501. The first-order valence-electron chi connectivity index (χ1n) is 9.48. The van der Waals surface area contributed by atoms with Gasteiger partial charge < -0.3 is 23.8 Å². The lowest BCUT2D eigenvalue weighted by atomic mass is 10.00. The molecule has 1 fully saturated rings. The number of amides is 1. The molecule has 0 radical (unpaired) electrons. The molecule has 0 bridgehead atoms. The van der Waals surface area contributed by atoms with Gasteiger partial charge in [-0.05, 0) is 49.5 Å². The number of hydrogen-bond acceptors (Lipinski definition) is 6. The van der Waals surface area contributed by atoms with E-state index >= 15 is 0 Å². The summed E-state index contributed by atoms with van der Waals surface area (Å²) in [6.07, 6.45) is 6.92. The van der Waals surface area contributed by atoms with E-state index in [2.05, 4.69) is 6.92 Å². The zero-order valence-corrected chi connectivity index (χ0v) is 17.0. The van der Waals surface area contributed by atoms with Crippen molar-refractivity contribution in [1.29, 1.82) is 0 Å². The van der Waals surface area contributed by atoms with Gasteiger partial charge in [-0.15, -0.1) is 0 Å². The lowest BCUT2D eigenvalue weighted by Crippen LogP contribution is -2.45. The second-order valence-electron chi connectivity index (χ2n) is 6.54. The number of esters is 1. The molecule has 0 aliphatic carbocycles. The van der Waals surface area contributed by atoms with Gasteiger partial charge in [-0.3, -0.25) is 4.79 Å². The number of rotatable bonds is 8. The second kappa shape index (κ2) is 10.6. The monoisotopic (exact) mass is 391 g/mol.